The van der Waals surface area contributed by atoms with Crippen LogP contribution in [0.2, 0.25) is 0 Å². The summed E-state index contributed by atoms with van der Waals surface area (Å²) in [5.41, 5.74) is 1.14. The van der Waals surface area contributed by atoms with Crippen LogP contribution >= 0.6 is 12.2 Å². The Kier molecular flexibility index (Phi) is 6.43. The van der Waals surface area contributed by atoms with Gasteiger partial charge in [-0.2, -0.15) is 0 Å². The van der Waals surface area contributed by atoms with Gasteiger partial charge in [-0.3, -0.25) is 9.69 Å². The van der Waals surface area contributed by atoms with Gasteiger partial charge >= 0.3 is 0 Å². The van der Waals surface area contributed by atoms with Crippen molar-refractivity contribution in [1.82, 2.24) is 4.90 Å². The molecule has 1 saturated heterocycles. The van der Waals surface area contributed by atoms with E-state index in [9.17, 15) is 27.7 Å². The summed E-state index contributed by atoms with van der Waals surface area (Å²) in [6.45, 7) is 0.835. The van der Waals surface area contributed by atoms with E-state index in [-0.39, 0.29) is 23.4 Å². The Balaban J connectivity index is 1.81. The monoisotopic (exact) mass is 464 g/mol. The van der Waals surface area contributed by atoms with E-state index in [0.717, 1.165) is 4.90 Å². The molecular formula is C19H16N2O8S2-2. The Morgan fingerprint density at radius 2 is 1.94 bits per heavy atom. The molecule has 3 rings (SSSR count). The quantitative estimate of drug-likeness (QED) is 0.308. The molecule has 2 aliphatic heterocycles. The van der Waals surface area contributed by atoms with Crippen LogP contribution in [0, 0.1) is 0 Å². The number of para-hydroxylation sites is 2. The molecule has 31 heavy (non-hydrogen) atoms. The van der Waals surface area contributed by atoms with Crippen LogP contribution < -0.4 is 14.7 Å². The zero-order valence-electron chi connectivity index (χ0n) is 16.1. The summed E-state index contributed by atoms with van der Waals surface area (Å²) in [6.07, 6.45) is 4.49. The van der Waals surface area contributed by atoms with Crippen molar-refractivity contribution >= 4 is 45.1 Å². The lowest BCUT2D eigenvalue weighted by Crippen LogP contribution is -2.40. The summed E-state index contributed by atoms with van der Waals surface area (Å²) >= 11 is 4.85. The van der Waals surface area contributed by atoms with E-state index in [1.807, 2.05) is 0 Å². The first kappa shape index (κ1) is 22.5. The molecule has 0 bridgehead atoms. The number of anilines is 1. The Labute approximate surface area is 183 Å². The highest BCUT2D eigenvalue weighted by Gasteiger charge is 2.33. The van der Waals surface area contributed by atoms with E-state index in [4.69, 9.17) is 21.7 Å². The molecule has 0 atom stereocenters. The van der Waals surface area contributed by atoms with Gasteiger partial charge in [-0.15, -0.1) is 0 Å². The van der Waals surface area contributed by atoms with Crippen molar-refractivity contribution in [3.63, 3.8) is 0 Å². The first-order valence-electron chi connectivity index (χ1n) is 8.87. The smallest absolute Gasteiger partial charge is 0.297 e. The average molecular weight is 464 g/mol. The molecule has 164 valence electrons. The molecule has 0 aliphatic carbocycles. The van der Waals surface area contributed by atoms with Gasteiger partial charge in [0.1, 0.15) is 0 Å². The van der Waals surface area contributed by atoms with Gasteiger partial charge in [0.15, 0.2) is 11.5 Å². The normalized spacial score (nSPS) is 19.1. The number of carbonyl (C=O) groups excluding carboxylic acids is 2. The lowest BCUT2D eigenvalue weighted by atomic mass is 10.2. The number of hydrogen-bond donors (Lipinski definition) is 0. The van der Waals surface area contributed by atoms with Gasteiger partial charge < -0.3 is 28.8 Å². The summed E-state index contributed by atoms with van der Waals surface area (Å²) in [5, 5.41) is 10.4. The van der Waals surface area contributed by atoms with Crippen LogP contribution in [0.15, 0.2) is 59.7 Å². The molecule has 2 heterocycles. The van der Waals surface area contributed by atoms with Crippen LogP contribution in [0.5, 0.6) is 5.75 Å². The van der Waals surface area contributed by atoms with Gasteiger partial charge in [-0.25, -0.2) is 8.42 Å². The fourth-order valence-electron chi connectivity index (χ4n) is 2.83. The van der Waals surface area contributed by atoms with E-state index in [1.54, 1.807) is 48.2 Å². The molecule has 0 spiro atoms. The average Bonchev–Trinajstić information content (AvgIpc) is 3.16. The van der Waals surface area contributed by atoms with E-state index in [1.165, 1.54) is 6.08 Å². The number of amides is 1. The number of fused-ring (bicyclic) bond motifs is 1. The molecule has 1 aromatic carbocycles. The molecule has 0 N–H and O–H groups in total. The minimum Gasteiger partial charge on any atom is -0.748 e. The van der Waals surface area contributed by atoms with Crippen LogP contribution in [0.1, 0.15) is 6.92 Å². The summed E-state index contributed by atoms with van der Waals surface area (Å²) in [7, 11) is -4.43. The van der Waals surface area contributed by atoms with Gasteiger partial charge in [-0.1, -0.05) is 18.2 Å². The largest absolute Gasteiger partial charge is 0.748 e. The van der Waals surface area contributed by atoms with E-state index in [2.05, 4.69) is 0 Å². The van der Waals surface area contributed by atoms with Crippen molar-refractivity contribution in [3.05, 3.63) is 59.7 Å². The maximum Gasteiger partial charge on any atom is 0.297 e. The number of rotatable bonds is 7. The second kappa shape index (κ2) is 8.88. The van der Waals surface area contributed by atoms with Crippen molar-refractivity contribution in [2.45, 2.75) is 6.92 Å². The van der Waals surface area contributed by atoms with Crippen molar-refractivity contribution < 1.29 is 37.1 Å². The van der Waals surface area contributed by atoms with E-state index >= 15 is 0 Å². The van der Waals surface area contributed by atoms with Gasteiger partial charge in [0.2, 0.25) is 5.88 Å². The van der Waals surface area contributed by atoms with Gasteiger partial charge in [-0.05, 0) is 49.0 Å². The zero-order chi connectivity index (χ0) is 22.8. The lowest BCUT2D eigenvalue weighted by molar-refractivity contribution is -0.305. The number of carbonyl (C=O) groups is 2. The Bertz CT molecular complexity index is 1140. The third-order valence-electron chi connectivity index (χ3n) is 4.21. The maximum atomic E-state index is 12.2. The van der Waals surface area contributed by atoms with Crippen molar-refractivity contribution in [2.75, 3.05) is 23.7 Å². The highest BCUT2D eigenvalue weighted by Crippen LogP contribution is 2.38. The molecule has 12 heteroatoms. The summed E-state index contributed by atoms with van der Waals surface area (Å²) in [4.78, 5) is 25.3. The van der Waals surface area contributed by atoms with E-state index in [0.29, 0.717) is 17.0 Å². The van der Waals surface area contributed by atoms with Crippen LogP contribution in [-0.4, -0.2) is 53.8 Å². The molecule has 1 fully saturated rings. The minimum absolute atomic E-state index is 0.100. The summed E-state index contributed by atoms with van der Waals surface area (Å²) < 4.78 is 44.0. The van der Waals surface area contributed by atoms with Crippen molar-refractivity contribution in [1.29, 1.82) is 0 Å². The predicted molar refractivity (Wildman–Crippen MR) is 109 cm³/mol. The van der Waals surface area contributed by atoms with Crippen LogP contribution in [0.25, 0.3) is 0 Å². The number of carboxylic acids is 1. The first-order valence-corrected chi connectivity index (χ1v) is 10.9. The first-order chi connectivity index (χ1) is 14.5. The SMILES string of the molecule is CC(=C\C=C1/Oc2ccccc2N1CCS(=O)(=O)[O-])/C=C1/OC(=S)N(CC(=O)[O-])C1=O. The summed E-state index contributed by atoms with van der Waals surface area (Å²) in [6, 6.07) is 6.93. The topological polar surface area (TPSA) is 139 Å². The van der Waals surface area contributed by atoms with Crippen LogP contribution in [-0.2, 0) is 24.4 Å². The molecule has 0 aromatic heterocycles. The number of carboxylic acid groups (broad SMARTS) is 1. The van der Waals surface area contributed by atoms with Crippen LogP contribution in [0.4, 0.5) is 5.69 Å². The Morgan fingerprint density at radius 3 is 2.61 bits per heavy atom. The maximum absolute atomic E-state index is 12.2. The number of allylic oxidation sites excluding steroid dienone is 4. The summed E-state index contributed by atoms with van der Waals surface area (Å²) in [5.74, 6) is -2.15. The third kappa shape index (κ3) is 5.48. The molecule has 10 nitrogen and oxygen atoms in total. The highest BCUT2D eigenvalue weighted by molar-refractivity contribution is 7.85. The van der Waals surface area contributed by atoms with E-state index < -0.39 is 34.3 Å². The molecule has 1 amide bonds. The Hall–Kier alpha value is -3.22. The number of thiocarbonyl (C=S) groups is 1. The van der Waals surface area contributed by atoms with Gasteiger partial charge in [0.05, 0.1) is 34.1 Å². The fourth-order valence-corrected chi connectivity index (χ4v) is 3.48. The van der Waals surface area contributed by atoms with Crippen molar-refractivity contribution in [3.8, 4) is 5.75 Å². The number of hydrogen-bond acceptors (Lipinski definition) is 10. The number of benzene rings is 1. The van der Waals surface area contributed by atoms with Gasteiger partial charge in [0.25, 0.3) is 11.1 Å². The third-order valence-corrected chi connectivity index (χ3v) is 5.20. The lowest BCUT2D eigenvalue weighted by Gasteiger charge is -2.19. The van der Waals surface area contributed by atoms with Crippen LogP contribution in [0.3, 0.4) is 0 Å². The molecule has 1 aromatic rings. The number of ether oxygens (including phenoxy) is 2. The molecular weight excluding hydrogens is 448 g/mol. The second-order valence-corrected chi connectivity index (χ2v) is 8.41. The second-order valence-electron chi connectivity index (χ2n) is 6.54. The molecule has 0 saturated carbocycles. The van der Waals surface area contributed by atoms with Crippen molar-refractivity contribution in [2.24, 2.45) is 0 Å². The Morgan fingerprint density at radius 1 is 1.23 bits per heavy atom. The molecule has 0 radical (unpaired) electrons. The predicted octanol–water partition coefficient (Wildman–Crippen LogP) is -0.00420. The highest BCUT2D eigenvalue weighted by atomic mass is 32.2. The molecule has 2 aliphatic rings. The number of aliphatic carboxylic acids is 1. The number of nitrogens with zero attached hydrogens (tertiary/aromatic N) is 2. The zero-order valence-corrected chi connectivity index (χ0v) is 17.8. The standard InChI is InChI=1S/C19H18N2O8S2/c1-12(10-15-18(24)21(11-17(22)23)19(30)29-15)6-7-16-20(8-9-31(25,26)27)13-4-2-3-5-14(13)28-16/h2-7,10H,8-9,11H2,1H3,(H,22,23)(H,25,26,27)/p-2/b12-6+,15-10+,16-7-. The fraction of sp³-hybridized carbons (Fsp3) is 0.211. The molecule has 0 unspecified atom stereocenters. The minimum atomic E-state index is -4.43. The van der Waals surface area contributed by atoms with Gasteiger partial charge in [0, 0.05) is 6.54 Å².